The van der Waals surface area contributed by atoms with Crippen molar-refractivity contribution < 1.29 is 87.6 Å². The highest BCUT2D eigenvalue weighted by molar-refractivity contribution is 7.47. The molecule has 0 amide bonds. The summed E-state index contributed by atoms with van der Waals surface area (Å²) in [6.45, 7) is -2.46. The second kappa shape index (κ2) is 16.8. The van der Waals surface area contributed by atoms with Gasteiger partial charge in [-0.3, -0.25) is 13.6 Å². The first-order chi connectivity index (χ1) is 15.5. The van der Waals surface area contributed by atoms with Crippen molar-refractivity contribution in [2.75, 3.05) is 20.3 Å². The maximum Gasteiger partial charge on any atom is 0.473 e. The molecule has 34 heavy (non-hydrogen) atoms. The van der Waals surface area contributed by atoms with Gasteiger partial charge in [0.05, 0.1) is 20.3 Å². The van der Waals surface area contributed by atoms with Gasteiger partial charge < -0.3 is 64.9 Å². The van der Waals surface area contributed by atoms with Gasteiger partial charge in [0.25, 0.3) is 0 Å². The highest BCUT2D eigenvalue weighted by atomic mass is 31.2. The van der Waals surface area contributed by atoms with Crippen LogP contribution in [0.5, 0.6) is 0 Å². The molecule has 0 radical (unpaired) electrons. The Balaban J connectivity index is 0. The first kappa shape index (κ1) is 35.4. The number of phosphoric acid groups is 2. The fourth-order valence-electron chi connectivity index (χ4n) is 1.83. The first-order valence-corrected chi connectivity index (χ1v) is 11.8. The Morgan fingerprint density at radius 2 is 1.18 bits per heavy atom. The minimum atomic E-state index is -5.31. The third kappa shape index (κ3) is 14.6. The molecule has 0 aliphatic rings. The zero-order valence-corrected chi connectivity index (χ0v) is 19.2. The molecule has 0 aromatic carbocycles. The molecule has 0 spiro atoms. The topological polar surface area (TPSA) is 334 Å². The van der Waals surface area contributed by atoms with Crippen LogP contribution in [-0.2, 0) is 37.1 Å². The molecule has 0 heterocycles. The number of aliphatic hydroxyl groups excluding tert-OH is 7. The summed E-state index contributed by atoms with van der Waals surface area (Å²) in [6, 6.07) is 0. The molecule has 21 heteroatoms. The lowest BCUT2D eigenvalue weighted by atomic mass is 10.0. The summed E-state index contributed by atoms with van der Waals surface area (Å²) in [5, 5.41) is 66.4. The molecule has 0 bridgehead atoms. The van der Waals surface area contributed by atoms with Crippen molar-refractivity contribution in [3.05, 3.63) is 0 Å². The van der Waals surface area contributed by atoms with E-state index in [0.717, 1.165) is 0 Å². The molecule has 0 saturated heterocycles. The lowest BCUT2D eigenvalue weighted by molar-refractivity contribution is -0.139. The van der Waals surface area contributed by atoms with Crippen molar-refractivity contribution in [3.63, 3.8) is 0 Å². The van der Waals surface area contributed by atoms with Crippen molar-refractivity contribution in [2.24, 2.45) is 5.90 Å². The molecule has 0 aromatic heterocycles. The SMILES string of the molecule is CON.O=C[C@@H](O)[C@@H](O)[C@H](O)[C@H](O)COP(=O)(O)O[C@H](C=O)[C@@H](O)[C@H](O)[C@H](O)COP(=O)(O)O. The number of hydrogen-bond acceptors (Lipinski definition) is 16. The summed E-state index contributed by atoms with van der Waals surface area (Å²) in [7, 11) is -8.96. The molecule has 0 saturated carbocycles. The standard InChI is InChI=1S/C12H24O17P2.CH5NO/c13-1-5(15)9(18)10(19)7(17)4-28-31(25,26)29-8(2-14)12(21)11(20)6(16)3-27-30(22,23)24;1-3-2/h1-2,5-12,15-21H,3-4H2,(H,25,26)(H2,22,23,24);2H2,1H3/t5-,6-,7-,8-,9-,10-,11-,12-;/m1./s1. The van der Waals surface area contributed by atoms with E-state index in [9.17, 15) is 54.3 Å². The van der Waals surface area contributed by atoms with Gasteiger partial charge in [-0.2, -0.15) is 0 Å². The van der Waals surface area contributed by atoms with E-state index in [0.29, 0.717) is 0 Å². The number of carbonyl (C=O) groups is 2. The van der Waals surface area contributed by atoms with Crippen LogP contribution in [-0.4, -0.2) is 132 Å². The molecular formula is C13H29NO18P2. The number of aliphatic hydroxyl groups is 7. The average molecular weight is 549 g/mol. The maximum atomic E-state index is 11.8. The van der Waals surface area contributed by atoms with Crippen LogP contribution in [0.4, 0.5) is 0 Å². The number of hydrogen-bond donors (Lipinski definition) is 11. The lowest BCUT2D eigenvalue weighted by Crippen LogP contribution is -2.47. The second-order valence-electron chi connectivity index (χ2n) is 6.22. The van der Waals surface area contributed by atoms with Crippen LogP contribution in [0.1, 0.15) is 0 Å². The predicted octanol–water partition coefficient (Wildman–Crippen LogP) is -5.97. The summed E-state index contributed by atoms with van der Waals surface area (Å²) in [5.41, 5.74) is 0. The maximum absolute atomic E-state index is 11.8. The van der Waals surface area contributed by atoms with Gasteiger partial charge in [-0.25, -0.2) is 15.0 Å². The second-order valence-corrected chi connectivity index (χ2v) is 8.86. The van der Waals surface area contributed by atoms with Crippen LogP contribution in [0.2, 0.25) is 0 Å². The Hall–Kier alpha value is -0.800. The average Bonchev–Trinajstić information content (AvgIpc) is 2.76. The minimum absolute atomic E-state index is 0.164. The molecule has 0 fully saturated rings. The fraction of sp³-hybridized carbons (Fsp3) is 0.846. The molecule has 0 rings (SSSR count). The van der Waals surface area contributed by atoms with E-state index in [1.807, 2.05) is 0 Å². The van der Waals surface area contributed by atoms with E-state index in [1.165, 1.54) is 7.11 Å². The fourth-order valence-corrected chi connectivity index (χ4v) is 3.06. The van der Waals surface area contributed by atoms with E-state index < -0.39 is 77.7 Å². The third-order valence-corrected chi connectivity index (χ3v) is 5.00. The number of nitrogens with two attached hydrogens (primary N) is 1. The van der Waals surface area contributed by atoms with Crippen molar-refractivity contribution in [1.82, 2.24) is 0 Å². The van der Waals surface area contributed by atoms with Gasteiger partial charge in [-0.15, -0.1) is 0 Å². The van der Waals surface area contributed by atoms with Gasteiger partial charge in [0.15, 0.2) is 18.7 Å². The Kier molecular flexibility index (Phi) is 17.5. The number of rotatable bonds is 16. The third-order valence-electron chi connectivity index (χ3n) is 3.53. The van der Waals surface area contributed by atoms with Gasteiger partial charge >= 0.3 is 15.6 Å². The lowest BCUT2D eigenvalue weighted by Gasteiger charge is -2.28. The van der Waals surface area contributed by atoms with E-state index in [4.69, 9.17) is 14.9 Å². The van der Waals surface area contributed by atoms with Crippen molar-refractivity contribution in [3.8, 4) is 0 Å². The Morgan fingerprint density at radius 3 is 1.56 bits per heavy atom. The number of phosphoric ester groups is 2. The Labute approximate surface area is 191 Å². The van der Waals surface area contributed by atoms with Gasteiger partial charge in [0.2, 0.25) is 0 Å². The summed E-state index contributed by atoms with van der Waals surface area (Å²) in [6.07, 6.45) is -18.5. The van der Waals surface area contributed by atoms with Crippen LogP contribution in [0, 0.1) is 0 Å². The van der Waals surface area contributed by atoms with Gasteiger partial charge in [-0.05, 0) is 0 Å². The molecule has 204 valence electrons. The van der Waals surface area contributed by atoms with Crippen LogP contribution < -0.4 is 5.90 Å². The largest absolute Gasteiger partial charge is 0.473 e. The molecule has 0 aliphatic heterocycles. The van der Waals surface area contributed by atoms with E-state index in [2.05, 4.69) is 24.3 Å². The van der Waals surface area contributed by atoms with Crippen LogP contribution in [0.15, 0.2) is 0 Å². The first-order valence-electron chi connectivity index (χ1n) is 8.73. The summed E-state index contributed by atoms with van der Waals surface area (Å²) < 4.78 is 34.8. The predicted molar refractivity (Wildman–Crippen MR) is 104 cm³/mol. The Bertz CT molecular complexity index is 676. The molecule has 1 unspecified atom stereocenters. The van der Waals surface area contributed by atoms with Crippen molar-refractivity contribution in [1.29, 1.82) is 0 Å². The molecule has 0 aromatic rings. The van der Waals surface area contributed by atoms with Crippen LogP contribution in [0.25, 0.3) is 0 Å². The molecular weight excluding hydrogens is 520 g/mol. The van der Waals surface area contributed by atoms with Gasteiger partial charge in [-0.1, -0.05) is 0 Å². The zero-order chi connectivity index (χ0) is 27.3. The normalized spacial score (nSPS) is 20.8. The smallest absolute Gasteiger partial charge is 0.388 e. The number of aldehydes is 2. The van der Waals surface area contributed by atoms with E-state index in [-0.39, 0.29) is 12.6 Å². The Morgan fingerprint density at radius 1 is 0.765 bits per heavy atom. The summed E-state index contributed by atoms with van der Waals surface area (Å²) >= 11 is 0. The highest BCUT2D eigenvalue weighted by Gasteiger charge is 2.39. The van der Waals surface area contributed by atoms with Crippen LogP contribution >= 0.6 is 15.6 Å². The molecule has 12 N–H and O–H groups in total. The van der Waals surface area contributed by atoms with Crippen molar-refractivity contribution in [2.45, 2.75) is 48.8 Å². The minimum Gasteiger partial charge on any atom is -0.388 e. The monoisotopic (exact) mass is 549 g/mol. The number of carbonyl (C=O) groups excluding carboxylic acids is 2. The van der Waals surface area contributed by atoms with E-state index >= 15 is 0 Å². The summed E-state index contributed by atoms with van der Waals surface area (Å²) in [5.74, 6) is 4.35. The van der Waals surface area contributed by atoms with Crippen molar-refractivity contribution >= 4 is 28.2 Å². The van der Waals surface area contributed by atoms with Crippen LogP contribution in [0.3, 0.4) is 0 Å². The zero-order valence-electron chi connectivity index (χ0n) is 17.4. The molecule has 0 aliphatic carbocycles. The summed E-state index contributed by atoms with van der Waals surface area (Å²) in [4.78, 5) is 51.6. The van der Waals surface area contributed by atoms with E-state index in [1.54, 1.807) is 0 Å². The molecule has 19 nitrogen and oxygen atoms in total. The highest BCUT2D eigenvalue weighted by Crippen LogP contribution is 2.45. The van der Waals surface area contributed by atoms with Gasteiger partial charge in [0.1, 0.15) is 42.7 Å². The van der Waals surface area contributed by atoms with Gasteiger partial charge in [0, 0.05) is 0 Å². The quantitative estimate of drug-likeness (QED) is 0.0484. The molecule has 9 atom stereocenters.